The lowest BCUT2D eigenvalue weighted by Crippen LogP contribution is -2.18. The topological polar surface area (TPSA) is 58.2 Å². The zero-order chi connectivity index (χ0) is 24.8. The molecule has 1 aliphatic carbocycles. The molecule has 11 heteroatoms. The third-order valence-corrected chi connectivity index (χ3v) is 7.23. The first-order chi connectivity index (χ1) is 16.0. The molecule has 2 atom stereocenters. The van der Waals surface area contributed by atoms with Crippen molar-refractivity contribution in [3.63, 3.8) is 0 Å². The van der Waals surface area contributed by atoms with E-state index in [-0.39, 0.29) is 21.3 Å². The fourth-order valence-electron chi connectivity index (χ4n) is 3.59. The molecule has 2 N–H and O–H groups in total. The van der Waals surface area contributed by atoms with Gasteiger partial charge in [0.15, 0.2) is 0 Å². The lowest BCUT2D eigenvalue weighted by Gasteiger charge is -2.11. The minimum absolute atomic E-state index is 0.0805. The van der Waals surface area contributed by atoms with Gasteiger partial charge in [-0.25, -0.2) is 4.39 Å². The third-order valence-electron chi connectivity index (χ3n) is 5.24. The smallest absolute Gasteiger partial charge is 0.257 e. The predicted octanol–water partition coefficient (Wildman–Crippen LogP) is 8.22. The third kappa shape index (κ3) is 5.25. The largest absolute Gasteiger partial charge is 0.326 e. The van der Waals surface area contributed by atoms with E-state index in [0.717, 1.165) is 6.07 Å². The highest BCUT2D eigenvalue weighted by Crippen LogP contribution is 2.65. The number of amides is 2. The van der Waals surface area contributed by atoms with Crippen LogP contribution in [0.1, 0.15) is 21.8 Å². The Labute approximate surface area is 224 Å². The predicted molar refractivity (Wildman–Crippen MR) is 137 cm³/mol. The number of halogens is 7. The maximum Gasteiger partial charge on any atom is 0.257 e. The van der Waals surface area contributed by atoms with E-state index in [0.29, 0.717) is 21.3 Å². The average molecular weight is 581 g/mol. The Kier molecular flexibility index (Phi) is 7.26. The maximum absolute atomic E-state index is 13.4. The summed E-state index contributed by atoms with van der Waals surface area (Å²) in [5.41, 5.74) is 1.29. The second kappa shape index (κ2) is 9.73. The SMILES string of the molecule is O=C(Nc1ccc(F)c(Cl)c1)c1cc(NC(=O)[C@@H]2[C@@H](c3cc(Cl)cc(Cl)c3)C2(Cl)Cl)ccc1Cl. The minimum Gasteiger partial charge on any atom is -0.326 e. The van der Waals surface area contributed by atoms with Gasteiger partial charge in [0.2, 0.25) is 5.91 Å². The van der Waals surface area contributed by atoms with Crippen molar-refractivity contribution in [2.45, 2.75) is 10.3 Å². The van der Waals surface area contributed by atoms with Crippen molar-refractivity contribution in [3.8, 4) is 0 Å². The van der Waals surface area contributed by atoms with Gasteiger partial charge in [-0.3, -0.25) is 9.59 Å². The van der Waals surface area contributed by atoms with Crippen LogP contribution >= 0.6 is 69.6 Å². The molecule has 0 radical (unpaired) electrons. The zero-order valence-corrected chi connectivity index (χ0v) is 21.3. The standard InChI is InChI=1S/C23H13Cl6FN2O2/c24-11-5-10(6-12(25)7-11)19-20(23(19,28)29)22(34)32-13-1-3-16(26)15(8-13)21(33)31-14-2-4-18(30)17(27)9-14/h1-9,19-20H,(H,31,33)(H,32,34)/t19-,20+/m1/s1. The highest BCUT2D eigenvalue weighted by molar-refractivity contribution is 6.53. The summed E-state index contributed by atoms with van der Waals surface area (Å²) < 4.78 is 12.0. The van der Waals surface area contributed by atoms with Crippen molar-refractivity contribution < 1.29 is 14.0 Å². The molecule has 4 nitrogen and oxygen atoms in total. The highest BCUT2D eigenvalue weighted by atomic mass is 35.5. The monoisotopic (exact) mass is 578 g/mol. The van der Waals surface area contributed by atoms with E-state index in [9.17, 15) is 14.0 Å². The van der Waals surface area contributed by atoms with Gasteiger partial charge in [0.25, 0.3) is 5.91 Å². The number of carbonyl (C=O) groups excluding carboxylic acids is 2. The van der Waals surface area contributed by atoms with Crippen LogP contribution in [0.3, 0.4) is 0 Å². The maximum atomic E-state index is 13.4. The molecule has 2 amide bonds. The number of anilines is 2. The zero-order valence-electron chi connectivity index (χ0n) is 16.8. The average Bonchev–Trinajstić information content (AvgIpc) is 3.33. The van der Waals surface area contributed by atoms with Gasteiger partial charge in [0.1, 0.15) is 10.2 Å². The molecule has 0 spiro atoms. The molecule has 34 heavy (non-hydrogen) atoms. The van der Waals surface area contributed by atoms with Gasteiger partial charge in [0.05, 0.1) is 21.5 Å². The first-order valence-corrected chi connectivity index (χ1v) is 11.9. The fraction of sp³-hybridized carbons (Fsp3) is 0.130. The number of hydrogen-bond donors (Lipinski definition) is 2. The molecule has 0 saturated heterocycles. The van der Waals surface area contributed by atoms with Crippen LogP contribution in [-0.2, 0) is 4.79 Å². The van der Waals surface area contributed by atoms with E-state index >= 15 is 0 Å². The van der Waals surface area contributed by atoms with E-state index in [1.54, 1.807) is 18.2 Å². The van der Waals surface area contributed by atoms with Crippen molar-refractivity contribution in [2.75, 3.05) is 10.6 Å². The van der Waals surface area contributed by atoms with Crippen LogP contribution in [0, 0.1) is 11.7 Å². The van der Waals surface area contributed by atoms with Crippen molar-refractivity contribution in [3.05, 3.63) is 91.6 Å². The lowest BCUT2D eigenvalue weighted by molar-refractivity contribution is -0.117. The molecule has 0 bridgehead atoms. The number of rotatable bonds is 5. The van der Waals surface area contributed by atoms with E-state index < -0.39 is 33.8 Å². The molecule has 0 unspecified atom stereocenters. The molecule has 1 fully saturated rings. The molecule has 0 heterocycles. The summed E-state index contributed by atoms with van der Waals surface area (Å²) in [5.74, 6) is -2.95. The molecular weight excluding hydrogens is 568 g/mol. The molecule has 0 aliphatic heterocycles. The van der Waals surface area contributed by atoms with E-state index in [1.165, 1.54) is 30.3 Å². The number of nitrogens with one attached hydrogen (secondary N) is 2. The van der Waals surface area contributed by atoms with Gasteiger partial charge in [-0.2, -0.15) is 0 Å². The summed E-state index contributed by atoms with van der Waals surface area (Å²) in [6.07, 6.45) is 0. The van der Waals surface area contributed by atoms with Gasteiger partial charge in [0, 0.05) is 27.3 Å². The summed E-state index contributed by atoms with van der Waals surface area (Å²) in [7, 11) is 0. The summed E-state index contributed by atoms with van der Waals surface area (Å²) in [6.45, 7) is 0. The van der Waals surface area contributed by atoms with Gasteiger partial charge < -0.3 is 10.6 Å². The summed E-state index contributed by atoms with van der Waals surface area (Å²) in [4.78, 5) is 25.6. The quantitative estimate of drug-likeness (QED) is 0.299. The van der Waals surface area contributed by atoms with Crippen LogP contribution in [0.2, 0.25) is 20.1 Å². The lowest BCUT2D eigenvalue weighted by atomic mass is 10.1. The van der Waals surface area contributed by atoms with Crippen LogP contribution in [0.25, 0.3) is 0 Å². The Morgan fingerprint density at radius 3 is 2.06 bits per heavy atom. The van der Waals surface area contributed by atoms with Crippen molar-refractivity contribution in [1.29, 1.82) is 0 Å². The molecule has 0 aromatic heterocycles. The number of alkyl halides is 2. The molecular formula is C23H13Cl6FN2O2. The molecule has 176 valence electrons. The second-order valence-corrected chi connectivity index (χ2v) is 10.7. The van der Waals surface area contributed by atoms with Crippen molar-refractivity contribution in [1.82, 2.24) is 0 Å². The Hall–Kier alpha value is -1.73. The Balaban J connectivity index is 1.51. The first kappa shape index (κ1) is 25.4. The first-order valence-electron chi connectivity index (χ1n) is 9.68. The minimum atomic E-state index is -1.35. The van der Waals surface area contributed by atoms with Crippen molar-refractivity contribution in [2.24, 2.45) is 5.92 Å². The fourth-order valence-corrected chi connectivity index (χ4v) is 5.35. The molecule has 3 aromatic rings. The van der Waals surface area contributed by atoms with Crippen LogP contribution in [-0.4, -0.2) is 16.1 Å². The van der Waals surface area contributed by atoms with Gasteiger partial charge in [-0.05, 0) is 60.2 Å². The highest BCUT2D eigenvalue weighted by Gasteiger charge is 2.67. The second-order valence-electron chi connectivity index (χ2n) is 7.60. The Bertz CT molecular complexity index is 1300. The van der Waals surface area contributed by atoms with Crippen LogP contribution in [0.4, 0.5) is 15.8 Å². The number of hydrogen-bond acceptors (Lipinski definition) is 2. The van der Waals surface area contributed by atoms with Crippen LogP contribution < -0.4 is 10.6 Å². The van der Waals surface area contributed by atoms with Crippen LogP contribution in [0.5, 0.6) is 0 Å². The van der Waals surface area contributed by atoms with E-state index in [2.05, 4.69) is 10.6 Å². The van der Waals surface area contributed by atoms with E-state index in [1.807, 2.05) is 0 Å². The summed E-state index contributed by atoms with van der Waals surface area (Å²) in [6, 6.07) is 13.0. The van der Waals surface area contributed by atoms with E-state index in [4.69, 9.17) is 69.6 Å². The molecule has 1 saturated carbocycles. The number of carbonyl (C=O) groups is 2. The van der Waals surface area contributed by atoms with Gasteiger partial charge in [-0.15, -0.1) is 23.2 Å². The normalized spacial score (nSPS) is 18.3. The Morgan fingerprint density at radius 2 is 1.41 bits per heavy atom. The van der Waals surface area contributed by atoms with Crippen molar-refractivity contribution >= 4 is 92.8 Å². The summed E-state index contributed by atoms with van der Waals surface area (Å²) in [5, 5.41) is 6.08. The molecule has 3 aromatic carbocycles. The Morgan fingerprint density at radius 1 is 0.794 bits per heavy atom. The van der Waals surface area contributed by atoms with Gasteiger partial charge in [-0.1, -0.05) is 46.4 Å². The van der Waals surface area contributed by atoms with Gasteiger partial charge >= 0.3 is 0 Å². The van der Waals surface area contributed by atoms with Crippen LogP contribution in [0.15, 0.2) is 54.6 Å². The molecule has 4 rings (SSSR count). The molecule has 1 aliphatic rings. The number of benzene rings is 3. The summed E-state index contributed by atoms with van der Waals surface area (Å²) >= 11 is 36.8.